The molecule has 9 heteroatoms. The summed E-state index contributed by atoms with van der Waals surface area (Å²) in [6.45, 7) is 2.76. The van der Waals surface area contributed by atoms with Crippen LogP contribution in [0.3, 0.4) is 0 Å². The van der Waals surface area contributed by atoms with Gasteiger partial charge in [-0.2, -0.15) is 0 Å². The van der Waals surface area contributed by atoms with E-state index in [1.165, 1.54) is 11.3 Å². The molecular formula is C20H15Cl2N3O2S2. The normalized spacial score (nSPS) is 11.0. The Morgan fingerprint density at radius 2 is 2.07 bits per heavy atom. The van der Waals surface area contributed by atoms with Gasteiger partial charge in [-0.1, -0.05) is 46.7 Å². The minimum absolute atomic E-state index is 0.265. The zero-order valence-electron chi connectivity index (χ0n) is 15.3. The molecule has 4 rings (SSSR count). The number of aromatic nitrogens is 2. The van der Waals surface area contributed by atoms with Crippen LogP contribution in [-0.2, 0) is 6.54 Å². The Kier molecular flexibility index (Phi) is 6.01. The van der Waals surface area contributed by atoms with E-state index in [0.29, 0.717) is 38.3 Å². The SMILES string of the molecule is CCOc1cccc2sc(N(Cc3cccnc3)C(=O)c3cc(Cl)sc3Cl)nc12. The number of para-hydroxylation sites is 1. The quantitative estimate of drug-likeness (QED) is 0.336. The van der Waals surface area contributed by atoms with E-state index in [2.05, 4.69) is 4.98 Å². The molecule has 5 nitrogen and oxygen atoms in total. The molecule has 0 N–H and O–H groups in total. The standard InChI is InChI=1S/C20H15Cl2N3O2S2/c1-2-27-14-6-3-7-15-17(14)24-20(28-15)25(11-12-5-4-8-23-10-12)19(26)13-9-16(21)29-18(13)22/h3-10H,2,11H2,1H3. The molecule has 0 fully saturated rings. The number of anilines is 1. The lowest BCUT2D eigenvalue weighted by atomic mass is 10.2. The summed E-state index contributed by atoms with van der Waals surface area (Å²) in [6.07, 6.45) is 3.42. The molecule has 4 aromatic rings. The molecule has 0 saturated heterocycles. The van der Waals surface area contributed by atoms with Gasteiger partial charge in [0.05, 0.1) is 27.8 Å². The van der Waals surface area contributed by atoms with Crippen molar-refractivity contribution in [2.45, 2.75) is 13.5 Å². The number of carbonyl (C=O) groups is 1. The van der Waals surface area contributed by atoms with Crippen LogP contribution in [0.1, 0.15) is 22.8 Å². The van der Waals surface area contributed by atoms with Gasteiger partial charge < -0.3 is 4.74 Å². The van der Waals surface area contributed by atoms with Gasteiger partial charge in [0.25, 0.3) is 5.91 Å². The number of halogens is 2. The molecule has 148 valence electrons. The number of carbonyl (C=O) groups excluding carboxylic acids is 1. The van der Waals surface area contributed by atoms with Crippen LogP contribution in [0, 0.1) is 0 Å². The lowest BCUT2D eigenvalue weighted by Crippen LogP contribution is -2.30. The number of pyridine rings is 1. The molecule has 0 atom stereocenters. The second-order valence-corrected chi connectivity index (χ2v) is 9.32. The Balaban J connectivity index is 1.79. The Labute approximate surface area is 185 Å². The third-order valence-corrected chi connectivity index (χ3v) is 6.63. The summed E-state index contributed by atoms with van der Waals surface area (Å²) in [5.41, 5.74) is 1.96. The smallest absolute Gasteiger partial charge is 0.262 e. The van der Waals surface area contributed by atoms with Gasteiger partial charge in [0.1, 0.15) is 15.6 Å². The molecule has 1 aromatic carbocycles. The van der Waals surface area contributed by atoms with Crippen LogP contribution >= 0.6 is 45.9 Å². The number of ether oxygens (including phenoxy) is 1. The fourth-order valence-corrected chi connectivity index (χ4v) is 5.26. The lowest BCUT2D eigenvalue weighted by Gasteiger charge is -2.19. The number of thiazole rings is 1. The highest BCUT2D eigenvalue weighted by atomic mass is 35.5. The Hall–Kier alpha value is -2.19. The summed E-state index contributed by atoms with van der Waals surface area (Å²) in [5.74, 6) is 0.428. The summed E-state index contributed by atoms with van der Waals surface area (Å²) in [5, 5.41) is 0.555. The predicted molar refractivity (Wildman–Crippen MR) is 120 cm³/mol. The van der Waals surface area contributed by atoms with E-state index < -0.39 is 0 Å². The maximum Gasteiger partial charge on any atom is 0.262 e. The fourth-order valence-electron chi connectivity index (χ4n) is 2.83. The first-order valence-corrected chi connectivity index (χ1v) is 11.1. The number of benzene rings is 1. The topological polar surface area (TPSA) is 55.3 Å². The number of nitrogens with zero attached hydrogens (tertiary/aromatic N) is 3. The van der Waals surface area contributed by atoms with Crippen molar-refractivity contribution in [1.29, 1.82) is 0 Å². The van der Waals surface area contributed by atoms with E-state index in [4.69, 9.17) is 32.9 Å². The number of thiophene rings is 1. The molecule has 0 unspecified atom stereocenters. The monoisotopic (exact) mass is 463 g/mol. The molecule has 0 radical (unpaired) electrons. The molecule has 0 saturated carbocycles. The summed E-state index contributed by atoms with van der Waals surface area (Å²) in [6, 6.07) is 11.1. The molecule has 0 aliphatic rings. The summed E-state index contributed by atoms with van der Waals surface area (Å²) in [7, 11) is 0. The summed E-state index contributed by atoms with van der Waals surface area (Å²) < 4.78 is 7.44. The van der Waals surface area contributed by atoms with Crippen molar-refractivity contribution in [1.82, 2.24) is 9.97 Å². The molecule has 3 aromatic heterocycles. The molecule has 29 heavy (non-hydrogen) atoms. The minimum atomic E-state index is -0.265. The molecule has 1 amide bonds. The second kappa shape index (κ2) is 8.67. The summed E-state index contributed by atoms with van der Waals surface area (Å²) >= 11 is 14.9. The predicted octanol–water partition coefficient (Wildman–Crippen LogP) is 6.31. The lowest BCUT2D eigenvalue weighted by molar-refractivity contribution is 0.0985. The van der Waals surface area contributed by atoms with E-state index in [1.807, 2.05) is 37.3 Å². The number of fused-ring (bicyclic) bond motifs is 1. The molecule has 3 heterocycles. The van der Waals surface area contributed by atoms with E-state index in [1.54, 1.807) is 23.4 Å². The maximum absolute atomic E-state index is 13.4. The number of rotatable bonds is 6. The van der Waals surface area contributed by atoms with Crippen LogP contribution in [0.2, 0.25) is 8.67 Å². The largest absolute Gasteiger partial charge is 0.492 e. The van der Waals surface area contributed by atoms with E-state index in [0.717, 1.165) is 27.1 Å². The Bertz CT molecular complexity index is 1160. The van der Waals surface area contributed by atoms with Gasteiger partial charge in [-0.3, -0.25) is 14.7 Å². The zero-order chi connectivity index (χ0) is 20.4. The van der Waals surface area contributed by atoms with Gasteiger partial charge in [-0.25, -0.2) is 4.98 Å². The van der Waals surface area contributed by atoms with Crippen molar-refractivity contribution in [3.05, 3.63) is 68.6 Å². The highest BCUT2D eigenvalue weighted by Crippen LogP contribution is 2.37. The number of hydrogen-bond acceptors (Lipinski definition) is 6. The highest BCUT2D eigenvalue weighted by Gasteiger charge is 2.26. The summed E-state index contributed by atoms with van der Waals surface area (Å²) in [4.78, 5) is 23.8. The molecule has 0 aliphatic heterocycles. The minimum Gasteiger partial charge on any atom is -0.492 e. The van der Waals surface area contributed by atoms with Gasteiger partial charge in [0.2, 0.25) is 0 Å². The first-order valence-electron chi connectivity index (χ1n) is 8.74. The zero-order valence-corrected chi connectivity index (χ0v) is 18.4. The van der Waals surface area contributed by atoms with Gasteiger partial charge >= 0.3 is 0 Å². The van der Waals surface area contributed by atoms with E-state index >= 15 is 0 Å². The second-order valence-electron chi connectivity index (χ2n) is 6.02. The molecule has 0 bridgehead atoms. The number of hydrogen-bond donors (Lipinski definition) is 0. The maximum atomic E-state index is 13.4. The van der Waals surface area contributed by atoms with Crippen molar-refractivity contribution in [3.63, 3.8) is 0 Å². The van der Waals surface area contributed by atoms with Crippen LogP contribution in [-0.4, -0.2) is 22.5 Å². The average Bonchev–Trinajstić information content (AvgIpc) is 3.30. The van der Waals surface area contributed by atoms with Crippen LogP contribution in [0.15, 0.2) is 48.8 Å². The Morgan fingerprint density at radius 1 is 1.21 bits per heavy atom. The van der Waals surface area contributed by atoms with Crippen LogP contribution in [0.25, 0.3) is 10.2 Å². The van der Waals surface area contributed by atoms with Crippen molar-refractivity contribution >= 4 is 67.1 Å². The molecular weight excluding hydrogens is 449 g/mol. The molecule has 0 spiro atoms. The molecule has 0 aliphatic carbocycles. The van der Waals surface area contributed by atoms with Gasteiger partial charge in [0.15, 0.2) is 5.13 Å². The van der Waals surface area contributed by atoms with Gasteiger partial charge in [0, 0.05) is 12.4 Å². The van der Waals surface area contributed by atoms with E-state index in [9.17, 15) is 4.79 Å². The third kappa shape index (κ3) is 4.23. The van der Waals surface area contributed by atoms with Crippen LogP contribution in [0.5, 0.6) is 5.75 Å². The van der Waals surface area contributed by atoms with Crippen molar-refractivity contribution < 1.29 is 9.53 Å². The van der Waals surface area contributed by atoms with Crippen molar-refractivity contribution in [2.24, 2.45) is 0 Å². The van der Waals surface area contributed by atoms with Crippen LogP contribution in [0.4, 0.5) is 5.13 Å². The van der Waals surface area contributed by atoms with E-state index in [-0.39, 0.29) is 5.91 Å². The Morgan fingerprint density at radius 3 is 2.76 bits per heavy atom. The fraction of sp³-hybridized carbons (Fsp3) is 0.150. The average molecular weight is 464 g/mol. The highest BCUT2D eigenvalue weighted by molar-refractivity contribution is 7.22. The van der Waals surface area contributed by atoms with Crippen molar-refractivity contribution in [3.8, 4) is 5.75 Å². The third-order valence-electron chi connectivity index (χ3n) is 4.10. The first kappa shape index (κ1) is 20.1. The first-order chi connectivity index (χ1) is 14.1. The van der Waals surface area contributed by atoms with Crippen molar-refractivity contribution in [2.75, 3.05) is 11.5 Å². The van der Waals surface area contributed by atoms with Gasteiger partial charge in [-0.05, 0) is 36.8 Å². The number of amides is 1. The van der Waals surface area contributed by atoms with Gasteiger partial charge in [-0.15, -0.1) is 11.3 Å². The van der Waals surface area contributed by atoms with Crippen LogP contribution < -0.4 is 9.64 Å².